The lowest BCUT2D eigenvalue weighted by Crippen LogP contribution is -2.48. The third-order valence-corrected chi connectivity index (χ3v) is 5.98. The number of hydrogen-bond acceptors (Lipinski definition) is 4. The molecule has 2 heterocycles. The second kappa shape index (κ2) is 8.68. The lowest BCUT2D eigenvalue weighted by molar-refractivity contribution is 0.0746. The van der Waals surface area contributed by atoms with E-state index in [4.69, 9.17) is 11.6 Å². The highest BCUT2D eigenvalue weighted by Crippen LogP contribution is 2.22. The molecule has 29 heavy (non-hydrogen) atoms. The molecule has 3 aromatic rings. The minimum atomic E-state index is -0.142. The molecule has 5 nitrogen and oxygen atoms in total. The molecule has 1 N–H and O–H groups in total. The molecule has 0 bridgehead atoms. The Bertz CT molecular complexity index is 997. The summed E-state index contributed by atoms with van der Waals surface area (Å²) in [7, 11) is 0. The van der Waals surface area contributed by atoms with Crippen LogP contribution in [0.3, 0.4) is 0 Å². The fourth-order valence-corrected chi connectivity index (χ4v) is 4.12. The number of amides is 2. The van der Waals surface area contributed by atoms with Gasteiger partial charge in [-0.3, -0.25) is 9.59 Å². The SMILES string of the molecule is O=C(Nc1ccc(C(=O)N2CCN(c3cccc(Cl)c3)CC2)cc1)c1cccs1. The summed E-state index contributed by atoms with van der Waals surface area (Å²) in [4.78, 5) is 29.7. The van der Waals surface area contributed by atoms with Gasteiger partial charge in [-0.2, -0.15) is 0 Å². The third-order valence-electron chi connectivity index (χ3n) is 4.87. The first kappa shape index (κ1) is 19.5. The van der Waals surface area contributed by atoms with Gasteiger partial charge < -0.3 is 15.1 Å². The summed E-state index contributed by atoms with van der Waals surface area (Å²) in [6, 6.07) is 18.4. The van der Waals surface area contributed by atoms with Crippen molar-refractivity contribution in [3.05, 3.63) is 81.5 Å². The smallest absolute Gasteiger partial charge is 0.265 e. The molecule has 148 valence electrons. The second-order valence-electron chi connectivity index (χ2n) is 6.77. The number of nitrogens with zero attached hydrogens (tertiary/aromatic N) is 2. The molecule has 0 spiro atoms. The molecule has 1 aliphatic heterocycles. The number of benzene rings is 2. The first-order chi connectivity index (χ1) is 14.1. The highest BCUT2D eigenvalue weighted by Gasteiger charge is 2.22. The fraction of sp³-hybridized carbons (Fsp3) is 0.182. The van der Waals surface area contributed by atoms with Gasteiger partial charge in [-0.05, 0) is 53.9 Å². The zero-order valence-electron chi connectivity index (χ0n) is 15.7. The Balaban J connectivity index is 1.34. The highest BCUT2D eigenvalue weighted by atomic mass is 35.5. The van der Waals surface area contributed by atoms with E-state index < -0.39 is 0 Å². The molecule has 2 aromatic carbocycles. The van der Waals surface area contributed by atoms with Crippen molar-refractivity contribution in [3.63, 3.8) is 0 Å². The van der Waals surface area contributed by atoms with Crippen LogP contribution in [0.15, 0.2) is 66.0 Å². The molecular weight excluding hydrogens is 406 g/mol. The van der Waals surface area contributed by atoms with Crippen LogP contribution >= 0.6 is 22.9 Å². The summed E-state index contributed by atoms with van der Waals surface area (Å²) in [5.74, 6) is -0.136. The molecule has 4 rings (SSSR count). The largest absolute Gasteiger partial charge is 0.368 e. The van der Waals surface area contributed by atoms with Crippen LogP contribution < -0.4 is 10.2 Å². The highest BCUT2D eigenvalue weighted by molar-refractivity contribution is 7.12. The third kappa shape index (κ3) is 4.60. The lowest BCUT2D eigenvalue weighted by atomic mass is 10.1. The average molecular weight is 426 g/mol. The number of nitrogens with one attached hydrogen (secondary N) is 1. The van der Waals surface area contributed by atoms with Crippen LogP contribution in [0.1, 0.15) is 20.0 Å². The van der Waals surface area contributed by atoms with Crippen molar-refractivity contribution < 1.29 is 9.59 Å². The Labute approximate surface area is 178 Å². The molecule has 0 unspecified atom stereocenters. The predicted octanol–water partition coefficient (Wildman–Crippen LogP) is 4.62. The minimum Gasteiger partial charge on any atom is -0.368 e. The summed E-state index contributed by atoms with van der Waals surface area (Å²) < 4.78 is 0. The molecule has 2 amide bonds. The van der Waals surface area contributed by atoms with Crippen LogP contribution in [0.25, 0.3) is 0 Å². The van der Waals surface area contributed by atoms with E-state index in [2.05, 4.69) is 10.2 Å². The molecule has 0 aliphatic carbocycles. The van der Waals surface area contributed by atoms with Crippen molar-refractivity contribution in [2.45, 2.75) is 0 Å². The Morgan fingerprint density at radius 1 is 0.931 bits per heavy atom. The predicted molar refractivity (Wildman–Crippen MR) is 118 cm³/mol. The van der Waals surface area contributed by atoms with Crippen LogP contribution in [-0.4, -0.2) is 42.9 Å². The summed E-state index contributed by atoms with van der Waals surface area (Å²) in [6.45, 7) is 2.84. The zero-order chi connectivity index (χ0) is 20.2. The average Bonchev–Trinajstić information content (AvgIpc) is 3.29. The molecule has 1 aliphatic rings. The zero-order valence-corrected chi connectivity index (χ0v) is 17.2. The monoisotopic (exact) mass is 425 g/mol. The Kier molecular flexibility index (Phi) is 5.83. The molecule has 0 atom stereocenters. The first-order valence-corrected chi connectivity index (χ1v) is 10.6. The van der Waals surface area contributed by atoms with Gasteiger partial charge in [-0.15, -0.1) is 11.3 Å². The van der Waals surface area contributed by atoms with E-state index in [0.717, 1.165) is 18.8 Å². The van der Waals surface area contributed by atoms with E-state index in [-0.39, 0.29) is 11.8 Å². The summed E-state index contributed by atoms with van der Waals surface area (Å²) in [6.07, 6.45) is 0. The van der Waals surface area contributed by atoms with Crippen molar-refractivity contribution in [2.75, 3.05) is 36.4 Å². The van der Waals surface area contributed by atoms with Gasteiger partial charge in [0.25, 0.3) is 11.8 Å². The van der Waals surface area contributed by atoms with E-state index >= 15 is 0 Å². The number of anilines is 2. The van der Waals surface area contributed by atoms with E-state index in [1.54, 1.807) is 30.3 Å². The van der Waals surface area contributed by atoms with Gasteiger partial charge in [0, 0.05) is 48.1 Å². The van der Waals surface area contributed by atoms with Crippen LogP contribution in [-0.2, 0) is 0 Å². The maximum atomic E-state index is 12.8. The summed E-state index contributed by atoms with van der Waals surface area (Å²) in [5.41, 5.74) is 2.37. The quantitative estimate of drug-likeness (QED) is 0.663. The van der Waals surface area contributed by atoms with Gasteiger partial charge in [-0.1, -0.05) is 23.7 Å². The van der Waals surface area contributed by atoms with Crippen molar-refractivity contribution in [1.29, 1.82) is 0 Å². The van der Waals surface area contributed by atoms with Gasteiger partial charge in [0.2, 0.25) is 0 Å². The van der Waals surface area contributed by atoms with Crippen molar-refractivity contribution in [1.82, 2.24) is 4.90 Å². The van der Waals surface area contributed by atoms with E-state index in [0.29, 0.717) is 34.2 Å². The van der Waals surface area contributed by atoms with Crippen molar-refractivity contribution in [2.24, 2.45) is 0 Å². The molecule has 0 radical (unpaired) electrons. The van der Waals surface area contributed by atoms with Crippen molar-refractivity contribution >= 4 is 46.1 Å². The Morgan fingerprint density at radius 2 is 1.69 bits per heavy atom. The first-order valence-electron chi connectivity index (χ1n) is 9.35. The molecule has 1 fully saturated rings. The van der Waals surface area contributed by atoms with Gasteiger partial charge in [-0.25, -0.2) is 0 Å². The Hall–Kier alpha value is -2.83. The number of carbonyl (C=O) groups excluding carboxylic acids is 2. The molecule has 7 heteroatoms. The number of hydrogen-bond donors (Lipinski definition) is 1. The van der Waals surface area contributed by atoms with Gasteiger partial charge >= 0.3 is 0 Å². The number of thiophene rings is 1. The maximum Gasteiger partial charge on any atom is 0.265 e. The van der Waals surface area contributed by atoms with E-state index in [9.17, 15) is 9.59 Å². The summed E-state index contributed by atoms with van der Waals surface area (Å²) >= 11 is 7.47. The molecule has 0 saturated carbocycles. The van der Waals surface area contributed by atoms with Crippen LogP contribution in [0.4, 0.5) is 11.4 Å². The van der Waals surface area contributed by atoms with Crippen LogP contribution in [0.5, 0.6) is 0 Å². The van der Waals surface area contributed by atoms with Crippen LogP contribution in [0, 0.1) is 0 Å². The number of halogens is 1. The number of carbonyl (C=O) groups is 2. The second-order valence-corrected chi connectivity index (χ2v) is 8.15. The Morgan fingerprint density at radius 3 is 2.34 bits per heavy atom. The maximum absolute atomic E-state index is 12.8. The van der Waals surface area contributed by atoms with E-state index in [1.165, 1.54) is 11.3 Å². The normalized spacial score (nSPS) is 14.0. The van der Waals surface area contributed by atoms with Gasteiger partial charge in [0.05, 0.1) is 4.88 Å². The summed E-state index contributed by atoms with van der Waals surface area (Å²) in [5, 5.41) is 5.43. The van der Waals surface area contributed by atoms with E-state index in [1.807, 2.05) is 40.6 Å². The number of rotatable bonds is 4. The molecular formula is C22H20ClN3O2S. The molecule has 1 aromatic heterocycles. The fourth-order valence-electron chi connectivity index (χ4n) is 3.32. The van der Waals surface area contributed by atoms with Gasteiger partial charge in [0.15, 0.2) is 0 Å². The number of piperazine rings is 1. The lowest BCUT2D eigenvalue weighted by Gasteiger charge is -2.36. The standard InChI is InChI=1S/C22H20ClN3O2S/c23-17-3-1-4-19(15-17)25-10-12-26(13-11-25)22(28)16-6-8-18(9-7-16)24-21(27)20-5-2-14-29-20/h1-9,14-15H,10-13H2,(H,24,27). The minimum absolute atomic E-state index is 0.00637. The topological polar surface area (TPSA) is 52.7 Å². The van der Waals surface area contributed by atoms with Gasteiger partial charge in [0.1, 0.15) is 0 Å². The van der Waals surface area contributed by atoms with Crippen molar-refractivity contribution in [3.8, 4) is 0 Å². The van der Waals surface area contributed by atoms with Crippen LogP contribution in [0.2, 0.25) is 5.02 Å². The molecule has 1 saturated heterocycles.